The molecule has 1 aliphatic rings. The molecular weight excluding hydrogens is 219 g/mol. The maximum absolute atomic E-state index is 5.16. The summed E-state index contributed by atoms with van der Waals surface area (Å²) in [7, 11) is 0. The molecule has 1 saturated heterocycles. The number of hydrogen-bond donors (Lipinski definition) is 0. The van der Waals surface area contributed by atoms with Gasteiger partial charge < -0.3 is 9.47 Å². The highest BCUT2D eigenvalue weighted by atomic mass is 127. The van der Waals surface area contributed by atoms with Crippen molar-refractivity contribution in [3.63, 3.8) is 0 Å². The highest BCUT2D eigenvalue weighted by Crippen LogP contribution is 2.10. The van der Waals surface area contributed by atoms with Crippen LogP contribution in [-0.2, 0) is 9.47 Å². The zero-order valence-corrected chi connectivity index (χ0v) is 6.92. The fourth-order valence-corrected chi connectivity index (χ4v) is 0.991. The highest BCUT2D eigenvalue weighted by Gasteiger charge is 2.14. The summed E-state index contributed by atoms with van der Waals surface area (Å²) in [6, 6.07) is 0. The standard InChI is InChI=1S/C5H9IO2/c1-4-7-2-5(6)3-8-4/h4-5H,2-3H2,1H3. The van der Waals surface area contributed by atoms with Crippen LogP contribution in [-0.4, -0.2) is 23.4 Å². The molecule has 1 rings (SSSR count). The number of rotatable bonds is 0. The lowest BCUT2D eigenvalue weighted by Gasteiger charge is -2.23. The highest BCUT2D eigenvalue weighted by molar-refractivity contribution is 14.1. The Kier molecular flexibility index (Phi) is 2.52. The van der Waals surface area contributed by atoms with E-state index in [4.69, 9.17) is 9.47 Å². The molecule has 1 fully saturated rings. The maximum Gasteiger partial charge on any atom is 0.154 e. The zero-order valence-electron chi connectivity index (χ0n) is 4.76. The Morgan fingerprint density at radius 3 is 2.25 bits per heavy atom. The molecule has 0 aromatic carbocycles. The minimum atomic E-state index is 0.0148. The van der Waals surface area contributed by atoms with Crippen molar-refractivity contribution in [3.8, 4) is 0 Å². The second-order valence-electron chi connectivity index (χ2n) is 1.83. The van der Waals surface area contributed by atoms with Crippen LogP contribution in [0.3, 0.4) is 0 Å². The molecule has 0 spiro atoms. The Bertz CT molecular complexity index is 58.8. The number of hydrogen-bond acceptors (Lipinski definition) is 2. The van der Waals surface area contributed by atoms with Crippen molar-refractivity contribution in [1.82, 2.24) is 0 Å². The third-order valence-electron chi connectivity index (χ3n) is 1.02. The van der Waals surface area contributed by atoms with Crippen LogP contribution in [0.15, 0.2) is 0 Å². The SMILES string of the molecule is CC1OCC(I)CO1. The van der Waals surface area contributed by atoms with Gasteiger partial charge in [-0.3, -0.25) is 0 Å². The molecule has 3 heteroatoms. The summed E-state index contributed by atoms with van der Waals surface area (Å²) in [5.74, 6) is 0. The first-order chi connectivity index (χ1) is 3.79. The lowest BCUT2D eigenvalue weighted by atomic mass is 10.4. The van der Waals surface area contributed by atoms with Crippen LogP contribution in [0.1, 0.15) is 6.92 Å². The van der Waals surface area contributed by atoms with Gasteiger partial charge in [-0.1, -0.05) is 22.6 Å². The fraction of sp³-hybridized carbons (Fsp3) is 1.00. The molecule has 8 heavy (non-hydrogen) atoms. The summed E-state index contributed by atoms with van der Waals surface area (Å²) in [5.41, 5.74) is 0. The van der Waals surface area contributed by atoms with E-state index in [1.807, 2.05) is 6.92 Å². The molecule has 0 saturated carbocycles. The van der Waals surface area contributed by atoms with Crippen molar-refractivity contribution in [2.24, 2.45) is 0 Å². The van der Waals surface area contributed by atoms with E-state index < -0.39 is 0 Å². The molecule has 0 atom stereocenters. The van der Waals surface area contributed by atoms with Crippen LogP contribution in [0.25, 0.3) is 0 Å². The van der Waals surface area contributed by atoms with Crippen molar-refractivity contribution in [2.75, 3.05) is 13.2 Å². The monoisotopic (exact) mass is 228 g/mol. The molecule has 0 aromatic rings. The van der Waals surface area contributed by atoms with Gasteiger partial charge in [-0.2, -0.15) is 0 Å². The molecule has 0 unspecified atom stereocenters. The maximum atomic E-state index is 5.16. The lowest BCUT2D eigenvalue weighted by Crippen LogP contribution is -2.29. The van der Waals surface area contributed by atoms with Gasteiger partial charge in [0.15, 0.2) is 6.29 Å². The van der Waals surface area contributed by atoms with E-state index in [1.54, 1.807) is 0 Å². The molecule has 0 aliphatic carbocycles. The molecular formula is C5H9IO2. The van der Waals surface area contributed by atoms with Crippen LogP contribution in [0.5, 0.6) is 0 Å². The van der Waals surface area contributed by atoms with Gasteiger partial charge in [-0.25, -0.2) is 0 Å². The first kappa shape index (κ1) is 6.77. The Morgan fingerprint density at radius 1 is 1.38 bits per heavy atom. The van der Waals surface area contributed by atoms with Gasteiger partial charge in [0, 0.05) is 0 Å². The van der Waals surface area contributed by atoms with Gasteiger partial charge >= 0.3 is 0 Å². The number of alkyl halides is 1. The predicted octanol–water partition coefficient (Wildman–Crippen LogP) is 1.18. The smallest absolute Gasteiger partial charge is 0.154 e. The van der Waals surface area contributed by atoms with Crippen molar-refractivity contribution < 1.29 is 9.47 Å². The van der Waals surface area contributed by atoms with Crippen molar-refractivity contribution in [2.45, 2.75) is 17.1 Å². The van der Waals surface area contributed by atoms with E-state index in [0.29, 0.717) is 3.92 Å². The molecule has 1 aliphatic heterocycles. The van der Waals surface area contributed by atoms with Gasteiger partial charge in [-0.15, -0.1) is 0 Å². The predicted molar refractivity (Wildman–Crippen MR) is 39.2 cm³/mol. The summed E-state index contributed by atoms with van der Waals surface area (Å²) in [6.07, 6.45) is 0.0148. The molecule has 48 valence electrons. The Labute approximate surface area is 62.7 Å². The van der Waals surface area contributed by atoms with Crippen LogP contribution in [0.4, 0.5) is 0 Å². The quantitative estimate of drug-likeness (QED) is 0.458. The minimum absolute atomic E-state index is 0.0148. The Morgan fingerprint density at radius 2 is 1.88 bits per heavy atom. The van der Waals surface area contributed by atoms with E-state index in [0.717, 1.165) is 13.2 Å². The van der Waals surface area contributed by atoms with Gasteiger partial charge in [0.25, 0.3) is 0 Å². The summed E-state index contributed by atoms with van der Waals surface area (Å²) in [6.45, 7) is 3.59. The summed E-state index contributed by atoms with van der Waals surface area (Å²) >= 11 is 2.32. The Balaban J connectivity index is 2.19. The first-order valence-electron chi connectivity index (χ1n) is 2.66. The first-order valence-corrected chi connectivity index (χ1v) is 3.91. The van der Waals surface area contributed by atoms with Crippen LogP contribution in [0, 0.1) is 0 Å². The molecule has 0 radical (unpaired) electrons. The molecule has 0 bridgehead atoms. The average Bonchev–Trinajstić information content (AvgIpc) is 1.77. The number of halogens is 1. The molecule has 0 aromatic heterocycles. The minimum Gasteiger partial charge on any atom is -0.352 e. The summed E-state index contributed by atoms with van der Waals surface area (Å²) < 4.78 is 10.9. The Hall–Kier alpha value is 0.650. The fourth-order valence-electron chi connectivity index (χ4n) is 0.576. The van der Waals surface area contributed by atoms with Gasteiger partial charge in [0.2, 0.25) is 0 Å². The number of ether oxygens (including phenoxy) is 2. The second kappa shape index (κ2) is 2.98. The van der Waals surface area contributed by atoms with E-state index >= 15 is 0 Å². The summed E-state index contributed by atoms with van der Waals surface area (Å²) in [4.78, 5) is 0. The topological polar surface area (TPSA) is 18.5 Å². The van der Waals surface area contributed by atoms with E-state index in [-0.39, 0.29) is 6.29 Å². The molecule has 2 nitrogen and oxygen atoms in total. The van der Waals surface area contributed by atoms with Crippen LogP contribution in [0.2, 0.25) is 0 Å². The largest absolute Gasteiger partial charge is 0.352 e. The van der Waals surface area contributed by atoms with Crippen LogP contribution < -0.4 is 0 Å². The van der Waals surface area contributed by atoms with Gasteiger partial charge in [-0.05, 0) is 6.92 Å². The van der Waals surface area contributed by atoms with E-state index in [1.165, 1.54) is 0 Å². The molecule has 0 N–H and O–H groups in total. The lowest BCUT2D eigenvalue weighted by molar-refractivity contribution is -0.161. The average molecular weight is 228 g/mol. The van der Waals surface area contributed by atoms with Crippen molar-refractivity contribution >= 4 is 22.6 Å². The normalized spacial score (nSPS) is 39.8. The van der Waals surface area contributed by atoms with Crippen molar-refractivity contribution in [1.29, 1.82) is 0 Å². The molecule has 1 heterocycles. The van der Waals surface area contributed by atoms with E-state index in [9.17, 15) is 0 Å². The molecule has 0 amide bonds. The van der Waals surface area contributed by atoms with Crippen LogP contribution >= 0.6 is 22.6 Å². The second-order valence-corrected chi connectivity index (χ2v) is 3.59. The van der Waals surface area contributed by atoms with Gasteiger partial charge in [0.1, 0.15) is 0 Å². The third kappa shape index (κ3) is 1.87. The zero-order chi connectivity index (χ0) is 5.98. The van der Waals surface area contributed by atoms with Gasteiger partial charge in [0.05, 0.1) is 17.1 Å². The van der Waals surface area contributed by atoms with Crippen molar-refractivity contribution in [3.05, 3.63) is 0 Å². The third-order valence-corrected chi connectivity index (χ3v) is 1.74. The van der Waals surface area contributed by atoms with E-state index in [2.05, 4.69) is 22.6 Å². The summed E-state index contributed by atoms with van der Waals surface area (Å²) in [5, 5.41) is 0.